The van der Waals surface area contributed by atoms with Gasteiger partial charge < -0.3 is 19.2 Å². The first kappa shape index (κ1) is 23.3. The molecule has 0 saturated heterocycles. The molecule has 0 saturated carbocycles. The van der Waals surface area contributed by atoms with Crippen molar-refractivity contribution in [1.82, 2.24) is 10.9 Å². The standard InChI is InChI=1S/C22H22N4O7/c1-31-12-11-23-18-9-7-15(13-19(18)26(29)30)21(27)24-25-22(28)20-10-8-17(33-20)14-32-16-5-3-2-4-6-16/h2-10,13,23H,11-12,14H2,1H3,(H,24,27)(H,25,28). The van der Waals surface area contributed by atoms with Crippen molar-refractivity contribution in [2.24, 2.45) is 0 Å². The van der Waals surface area contributed by atoms with Gasteiger partial charge in [0.25, 0.3) is 11.6 Å². The molecule has 0 aliphatic heterocycles. The van der Waals surface area contributed by atoms with Gasteiger partial charge >= 0.3 is 5.91 Å². The molecule has 3 N–H and O–H groups in total. The zero-order chi connectivity index (χ0) is 23.6. The molecule has 3 aromatic rings. The minimum atomic E-state index is -0.728. The average Bonchev–Trinajstić information content (AvgIpc) is 3.31. The highest BCUT2D eigenvalue weighted by Gasteiger charge is 2.19. The van der Waals surface area contributed by atoms with Crippen molar-refractivity contribution in [1.29, 1.82) is 0 Å². The maximum absolute atomic E-state index is 12.4. The van der Waals surface area contributed by atoms with E-state index in [2.05, 4.69) is 16.2 Å². The van der Waals surface area contributed by atoms with E-state index in [9.17, 15) is 19.7 Å². The Morgan fingerprint density at radius 1 is 1.03 bits per heavy atom. The molecule has 2 amide bonds. The van der Waals surface area contributed by atoms with E-state index in [1.54, 1.807) is 18.2 Å². The molecule has 11 nitrogen and oxygen atoms in total. The lowest BCUT2D eigenvalue weighted by Crippen LogP contribution is -2.41. The van der Waals surface area contributed by atoms with E-state index in [-0.39, 0.29) is 29.3 Å². The Morgan fingerprint density at radius 2 is 1.79 bits per heavy atom. The highest BCUT2D eigenvalue weighted by Crippen LogP contribution is 2.25. The summed E-state index contributed by atoms with van der Waals surface area (Å²) in [5.41, 5.74) is 4.39. The van der Waals surface area contributed by atoms with Crippen LogP contribution in [-0.2, 0) is 11.3 Å². The van der Waals surface area contributed by atoms with Crippen molar-refractivity contribution in [3.63, 3.8) is 0 Å². The van der Waals surface area contributed by atoms with Gasteiger partial charge in [0.05, 0.1) is 11.5 Å². The third-order valence-electron chi connectivity index (χ3n) is 4.38. The fraction of sp³-hybridized carbons (Fsp3) is 0.182. The number of rotatable bonds is 10. The van der Waals surface area contributed by atoms with E-state index in [0.717, 1.165) is 6.07 Å². The molecule has 33 heavy (non-hydrogen) atoms. The highest BCUT2D eigenvalue weighted by atomic mass is 16.6. The van der Waals surface area contributed by atoms with Gasteiger partial charge in [0.1, 0.15) is 23.8 Å². The number of hydrazine groups is 1. The molecule has 172 valence electrons. The normalized spacial score (nSPS) is 10.3. The van der Waals surface area contributed by atoms with Gasteiger partial charge in [-0.25, -0.2) is 0 Å². The van der Waals surface area contributed by atoms with E-state index >= 15 is 0 Å². The predicted molar refractivity (Wildman–Crippen MR) is 118 cm³/mol. The summed E-state index contributed by atoms with van der Waals surface area (Å²) in [7, 11) is 1.51. The van der Waals surface area contributed by atoms with Crippen molar-refractivity contribution in [2.45, 2.75) is 6.61 Å². The molecule has 3 rings (SSSR count). The molecule has 2 aromatic carbocycles. The first-order chi connectivity index (χ1) is 16.0. The Balaban J connectivity index is 1.55. The number of amides is 2. The second kappa shape index (κ2) is 11.3. The molecule has 11 heteroatoms. The number of nitro groups is 1. The van der Waals surface area contributed by atoms with Crippen LogP contribution in [0.25, 0.3) is 0 Å². The highest BCUT2D eigenvalue weighted by molar-refractivity contribution is 5.98. The maximum Gasteiger partial charge on any atom is 0.305 e. The summed E-state index contributed by atoms with van der Waals surface area (Å²) in [6, 6.07) is 16.1. The molecule has 0 atom stereocenters. The quantitative estimate of drug-likeness (QED) is 0.241. The minimum Gasteiger partial charge on any atom is -0.486 e. The lowest BCUT2D eigenvalue weighted by molar-refractivity contribution is -0.384. The summed E-state index contributed by atoms with van der Waals surface area (Å²) in [5.74, 6) is -0.384. The van der Waals surface area contributed by atoms with Crippen LogP contribution < -0.4 is 20.9 Å². The number of nitrogens with one attached hydrogen (secondary N) is 3. The number of benzene rings is 2. The monoisotopic (exact) mass is 454 g/mol. The number of methoxy groups -OCH3 is 1. The van der Waals surface area contributed by atoms with Gasteiger partial charge in [-0.2, -0.15) is 0 Å². The third-order valence-corrected chi connectivity index (χ3v) is 4.38. The van der Waals surface area contributed by atoms with E-state index in [1.807, 2.05) is 18.2 Å². The van der Waals surface area contributed by atoms with E-state index < -0.39 is 16.7 Å². The lowest BCUT2D eigenvalue weighted by Gasteiger charge is -2.09. The lowest BCUT2D eigenvalue weighted by atomic mass is 10.1. The Labute approximate surface area is 188 Å². The van der Waals surface area contributed by atoms with Crippen LogP contribution in [0.1, 0.15) is 26.7 Å². The molecule has 0 bridgehead atoms. The van der Waals surface area contributed by atoms with Crippen LogP contribution in [0.4, 0.5) is 11.4 Å². The van der Waals surface area contributed by atoms with Crippen LogP contribution in [0.2, 0.25) is 0 Å². The third kappa shape index (κ3) is 6.55. The number of para-hydroxylation sites is 1. The minimum absolute atomic E-state index is 0.00399. The Kier molecular flexibility index (Phi) is 7.97. The van der Waals surface area contributed by atoms with Crippen LogP contribution in [0.3, 0.4) is 0 Å². The first-order valence-corrected chi connectivity index (χ1v) is 9.86. The second-order valence-electron chi connectivity index (χ2n) is 6.68. The fourth-order valence-corrected chi connectivity index (χ4v) is 2.76. The van der Waals surface area contributed by atoms with Crippen LogP contribution in [-0.4, -0.2) is 37.0 Å². The Morgan fingerprint density at radius 3 is 2.52 bits per heavy atom. The van der Waals surface area contributed by atoms with Gasteiger partial charge in [-0.05, 0) is 36.4 Å². The molecule has 1 aromatic heterocycles. The van der Waals surface area contributed by atoms with E-state index in [0.29, 0.717) is 24.7 Å². The summed E-state index contributed by atoms with van der Waals surface area (Å²) >= 11 is 0. The zero-order valence-electron chi connectivity index (χ0n) is 17.7. The van der Waals surface area contributed by atoms with Crippen LogP contribution >= 0.6 is 0 Å². The molecule has 1 heterocycles. The zero-order valence-corrected chi connectivity index (χ0v) is 17.7. The molecule has 0 aliphatic carbocycles. The van der Waals surface area contributed by atoms with E-state index in [4.69, 9.17) is 13.9 Å². The predicted octanol–water partition coefficient (Wildman–Crippen LogP) is 2.90. The summed E-state index contributed by atoms with van der Waals surface area (Å²) in [6.45, 7) is 0.844. The van der Waals surface area contributed by atoms with Crippen molar-refractivity contribution in [3.05, 3.63) is 87.9 Å². The van der Waals surface area contributed by atoms with Gasteiger partial charge in [0, 0.05) is 25.3 Å². The van der Waals surface area contributed by atoms with Crippen molar-refractivity contribution in [2.75, 3.05) is 25.6 Å². The van der Waals surface area contributed by atoms with Crippen molar-refractivity contribution >= 4 is 23.2 Å². The summed E-state index contributed by atoms with van der Waals surface area (Å²) in [6.07, 6.45) is 0. The van der Waals surface area contributed by atoms with Crippen molar-refractivity contribution < 1.29 is 28.4 Å². The van der Waals surface area contributed by atoms with Crippen molar-refractivity contribution in [3.8, 4) is 5.75 Å². The van der Waals surface area contributed by atoms with Gasteiger partial charge in [-0.15, -0.1) is 0 Å². The molecule has 0 unspecified atom stereocenters. The number of nitrogens with zero attached hydrogens (tertiary/aromatic N) is 1. The van der Waals surface area contributed by atoms with E-state index in [1.165, 1.54) is 25.3 Å². The molecule has 0 spiro atoms. The van der Waals surface area contributed by atoms with Gasteiger partial charge in [0.2, 0.25) is 0 Å². The summed E-state index contributed by atoms with van der Waals surface area (Å²) < 4.78 is 15.9. The smallest absolute Gasteiger partial charge is 0.305 e. The second-order valence-corrected chi connectivity index (χ2v) is 6.68. The number of hydrogen-bond acceptors (Lipinski definition) is 8. The van der Waals surface area contributed by atoms with Crippen LogP contribution in [0.15, 0.2) is 65.1 Å². The Bertz CT molecular complexity index is 1110. The van der Waals surface area contributed by atoms with Crippen LogP contribution in [0, 0.1) is 10.1 Å². The first-order valence-electron chi connectivity index (χ1n) is 9.86. The topological polar surface area (TPSA) is 145 Å². The van der Waals surface area contributed by atoms with Gasteiger partial charge in [-0.1, -0.05) is 18.2 Å². The molecule has 0 radical (unpaired) electrons. The number of carbonyl (C=O) groups excluding carboxylic acids is 2. The number of hydrogen-bond donors (Lipinski definition) is 3. The molecular formula is C22H22N4O7. The summed E-state index contributed by atoms with van der Waals surface area (Å²) in [5, 5.41) is 14.2. The largest absolute Gasteiger partial charge is 0.486 e. The number of nitro benzene ring substituents is 1. The average molecular weight is 454 g/mol. The summed E-state index contributed by atoms with van der Waals surface area (Å²) in [4.78, 5) is 35.3. The van der Waals surface area contributed by atoms with Gasteiger partial charge in [-0.3, -0.25) is 30.6 Å². The number of anilines is 1. The molecular weight excluding hydrogens is 432 g/mol. The number of carbonyl (C=O) groups is 2. The molecule has 0 fully saturated rings. The van der Waals surface area contributed by atoms with Gasteiger partial charge in [0.15, 0.2) is 5.76 Å². The number of furan rings is 1. The Hall–Kier alpha value is -4.38. The van der Waals surface area contributed by atoms with Crippen LogP contribution in [0.5, 0.6) is 5.75 Å². The number of ether oxygens (including phenoxy) is 2. The maximum atomic E-state index is 12.4. The molecule has 0 aliphatic rings. The SMILES string of the molecule is COCCNc1ccc(C(=O)NNC(=O)c2ccc(COc3ccccc3)o2)cc1[N+](=O)[O-]. The fourth-order valence-electron chi connectivity index (χ4n) is 2.76.